The van der Waals surface area contributed by atoms with E-state index < -0.39 is 0 Å². The molecule has 1 N–H and O–H groups in total. The number of nitrogens with one attached hydrogen (secondary N) is 1. The van der Waals surface area contributed by atoms with Gasteiger partial charge in [0.2, 0.25) is 0 Å². The van der Waals surface area contributed by atoms with Crippen LogP contribution in [0.5, 0.6) is 11.5 Å². The molecule has 0 aliphatic rings. The van der Waals surface area contributed by atoms with E-state index in [-0.39, 0.29) is 16.1 Å². The summed E-state index contributed by atoms with van der Waals surface area (Å²) >= 11 is 3.61. The van der Waals surface area contributed by atoms with Crippen LogP contribution < -0.4 is 14.8 Å². The molecule has 0 fully saturated rings. The van der Waals surface area contributed by atoms with Gasteiger partial charge in [0.15, 0.2) is 0 Å². The highest BCUT2D eigenvalue weighted by Crippen LogP contribution is 2.25. The zero-order chi connectivity index (χ0) is 16.0. The van der Waals surface area contributed by atoms with Crippen molar-refractivity contribution in [3.8, 4) is 11.5 Å². The number of halogens is 1. The van der Waals surface area contributed by atoms with Crippen molar-refractivity contribution in [1.82, 2.24) is 5.32 Å². The molecule has 1 amide bonds. The van der Waals surface area contributed by atoms with Gasteiger partial charge in [0.1, 0.15) is 11.5 Å². The Hall–Kier alpha value is -1.23. The van der Waals surface area contributed by atoms with Gasteiger partial charge in [-0.1, -0.05) is 36.7 Å². The third-order valence-electron chi connectivity index (χ3n) is 2.93. The molecular formula is C16H24BrNO3. The number of alkyl halides is 1. The third-order valence-corrected chi connectivity index (χ3v) is 3.58. The average Bonchev–Trinajstić information content (AvgIpc) is 2.42. The van der Waals surface area contributed by atoms with Crippen molar-refractivity contribution in [3.63, 3.8) is 0 Å². The lowest BCUT2D eigenvalue weighted by molar-refractivity contribution is 0.0951. The average molecular weight is 358 g/mol. The highest BCUT2D eigenvalue weighted by atomic mass is 79.9. The highest BCUT2D eigenvalue weighted by Gasteiger charge is 2.17. The maximum atomic E-state index is 12.2. The molecule has 4 nitrogen and oxygen atoms in total. The van der Waals surface area contributed by atoms with E-state index in [0.29, 0.717) is 23.6 Å². The maximum absolute atomic E-state index is 12.2. The Morgan fingerprint density at radius 3 is 2.14 bits per heavy atom. The summed E-state index contributed by atoms with van der Waals surface area (Å²) in [5.41, 5.74) is 0.750. The standard InChI is InChI=1S/C16H24BrNO3/c1-16(2,3)9-12(17)10-18-15(19)11-6-13(20-4)8-14(7-11)21-5/h6-8,12H,9-10H2,1-5H3,(H,18,19). The molecule has 0 saturated carbocycles. The molecule has 21 heavy (non-hydrogen) atoms. The first-order chi connectivity index (χ1) is 9.75. The van der Waals surface area contributed by atoms with Gasteiger partial charge in [-0.15, -0.1) is 0 Å². The minimum absolute atomic E-state index is 0.134. The van der Waals surface area contributed by atoms with E-state index >= 15 is 0 Å². The summed E-state index contributed by atoms with van der Waals surface area (Å²) in [5.74, 6) is 1.07. The van der Waals surface area contributed by atoms with Crippen LogP contribution in [0.4, 0.5) is 0 Å². The summed E-state index contributed by atoms with van der Waals surface area (Å²) in [4.78, 5) is 12.5. The molecule has 0 saturated heterocycles. The van der Waals surface area contributed by atoms with Gasteiger partial charge in [0.05, 0.1) is 14.2 Å². The fourth-order valence-electron chi connectivity index (χ4n) is 1.98. The second-order valence-corrected chi connectivity index (χ2v) is 7.47. The molecule has 0 bridgehead atoms. The van der Waals surface area contributed by atoms with Crippen molar-refractivity contribution < 1.29 is 14.3 Å². The number of hydrogen-bond acceptors (Lipinski definition) is 3. The van der Waals surface area contributed by atoms with Crippen LogP contribution in [0.1, 0.15) is 37.6 Å². The largest absolute Gasteiger partial charge is 0.497 e. The quantitative estimate of drug-likeness (QED) is 0.790. The second-order valence-electron chi connectivity index (χ2n) is 6.17. The lowest BCUT2D eigenvalue weighted by Crippen LogP contribution is -2.31. The minimum atomic E-state index is -0.134. The van der Waals surface area contributed by atoms with Crippen LogP contribution in [0.15, 0.2) is 18.2 Å². The number of benzene rings is 1. The SMILES string of the molecule is COc1cc(OC)cc(C(=O)NCC(Br)CC(C)(C)C)c1. The maximum Gasteiger partial charge on any atom is 0.251 e. The highest BCUT2D eigenvalue weighted by molar-refractivity contribution is 9.09. The summed E-state index contributed by atoms with van der Waals surface area (Å²) in [6.07, 6.45) is 0.981. The van der Waals surface area contributed by atoms with Crippen molar-refractivity contribution in [2.75, 3.05) is 20.8 Å². The van der Waals surface area contributed by atoms with Gasteiger partial charge in [-0.05, 0) is 24.0 Å². The van der Waals surface area contributed by atoms with Gasteiger partial charge in [-0.2, -0.15) is 0 Å². The van der Waals surface area contributed by atoms with Crippen LogP contribution in [0.2, 0.25) is 0 Å². The van der Waals surface area contributed by atoms with Crippen molar-refractivity contribution in [2.45, 2.75) is 32.0 Å². The first-order valence-electron chi connectivity index (χ1n) is 6.90. The number of amides is 1. The third kappa shape index (κ3) is 6.38. The lowest BCUT2D eigenvalue weighted by atomic mass is 9.90. The van der Waals surface area contributed by atoms with Gasteiger partial charge >= 0.3 is 0 Å². The molecule has 1 unspecified atom stereocenters. The monoisotopic (exact) mass is 357 g/mol. The summed E-state index contributed by atoms with van der Waals surface area (Å²) in [6.45, 7) is 7.11. The Balaban J connectivity index is 2.67. The first kappa shape index (κ1) is 17.8. The van der Waals surface area contributed by atoms with E-state index in [2.05, 4.69) is 42.0 Å². The summed E-state index contributed by atoms with van der Waals surface area (Å²) in [6, 6.07) is 5.14. The van der Waals surface area contributed by atoms with Crippen LogP contribution in [-0.4, -0.2) is 31.5 Å². The van der Waals surface area contributed by atoms with E-state index in [1.54, 1.807) is 32.4 Å². The van der Waals surface area contributed by atoms with Gasteiger partial charge < -0.3 is 14.8 Å². The van der Waals surface area contributed by atoms with Crippen LogP contribution in [0, 0.1) is 5.41 Å². The lowest BCUT2D eigenvalue weighted by Gasteiger charge is -2.22. The van der Waals surface area contributed by atoms with Gasteiger partial charge in [0.25, 0.3) is 5.91 Å². The normalized spacial score (nSPS) is 12.7. The Morgan fingerprint density at radius 2 is 1.71 bits per heavy atom. The number of carbonyl (C=O) groups is 1. The predicted molar refractivity (Wildman–Crippen MR) is 88.7 cm³/mol. The van der Waals surface area contributed by atoms with Gasteiger partial charge in [-0.3, -0.25) is 4.79 Å². The zero-order valence-electron chi connectivity index (χ0n) is 13.3. The van der Waals surface area contributed by atoms with E-state index in [1.807, 2.05) is 0 Å². The Morgan fingerprint density at radius 1 is 1.19 bits per heavy atom. The topological polar surface area (TPSA) is 47.6 Å². The minimum Gasteiger partial charge on any atom is -0.497 e. The Kier molecular flexibility index (Phi) is 6.52. The molecule has 5 heteroatoms. The van der Waals surface area contributed by atoms with Crippen LogP contribution >= 0.6 is 15.9 Å². The fraction of sp³-hybridized carbons (Fsp3) is 0.562. The molecule has 0 radical (unpaired) electrons. The molecule has 1 aromatic carbocycles. The number of methoxy groups -OCH3 is 2. The molecule has 1 aromatic rings. The van der Waals surface area contributed by atoms with E-state index in [4.69, 9.17) is 9.47 Å². The molecular weight excluding hydrogens is 334 g/mol. The molecule has 0 spiro atoms. The summed E-state index contributed by atoms with van der Waals surface area (Å²) in [7, 11) is 3.13. The predicted octanol–water partition coefficient (Wildman–Crippen LogP) is 3.63. The molecule has 0 heterocycles. The molecule has 0 aromatic heterocycles. The second kappa shape index (κ2) is 7.69. The van der Waals surface area contributed by atoms with Crippen LogP contribution in [-0.2, 0) is 0 Å². The number of carbonyl (C=O) groups excluding carboxylic acids is 1. The fourth-order valence-corrected chi connectivity index (χ4v) is 3.11. The van der Waals surface area contributed by atoms with Gasteiger partial charge in [0, 0.05) is 23.0 Å². The van der Waals surface area contributed by atoms with E-state index in [1.165, 1.54) is 0 Å². The molecule has 0 aliphatic carbocycles. The first-order valence-corrected chi connectivity index (χ1v) is 7.82. The van der Waals surface area contributed by atoms with Crippen molar-refractivity contribution in [3.05, 3.63) is 23.8 Å². The Labute approximate surface area is 135 Å². The smallest absolute Gasteiger partial charge is 0.251 e. The summed E-state index contributed by atoms with van der Waals surface area (Å²) < 4.78 is 10.3. The van der Waals surface area contributed by atoms with Gasteiger partial charge in [-0.25, -0.2) is 0 Å². The number of rotatable bonds is 6. The Bertz CT molecular complexity index is 461. The molecule has 118 valence electrons. The number of hydrogen-bond donors (Lipinski definition) is 1. The van der Waals surface area contributed by atoms with Crippen LogP contribution in [0.3, 0.4) is 0 Å². The summed E-state index contributed by atoms with van der Waals surface area (Å²) in [5, 5.41) is 2.93. The van der Waals surface area contributed by atoms with E-state index in [0.717, 1.165) is 6.42 Å². The van der Waals surface area contributed by atoms with E-state index in [9.17, 15) is 4.79 Å². The zero-order valence-corrected chi connectivity index (χ0v) is 14.9. The molecule has 0 aliphatic heterocycles. The van der Waals surface area contributed by atoms with Crippen LogP contribution in [0.25, 0.3) is 0 Å². The molecule has 1 atom stereocenters. The number of ether oxygens (including phenoxy) is 2. The van der Waals surface area contributed by atoms with Crippen molar-refractivity contribution >= 4 is 21.8 Å². The van der Waals surface area contributed by atoms with Crippen molar-refractivity contribution in [1.29, 1.82) is 0 Å². The molecule has 1 rings (SSSR count). The van der Waals surface area contributed by atoms with Crippen molar-refractivity contribution in [2.24, 2.45) is 5.41 Å².